The van der Waals surface area contributed by atoms with Crippen molar-refractivity contribution >= 4 is 39.1 Å². The van der Waals surface area contributed by atoms with Crippen molar-refractivity contribution in [1.82, 2.24) is 4.90 Å². The fourth-order valence-electron chi connectivity index (χ4n) is 4.40. The van der Waals surface area contributed by atoms with Crippen molar-refractivity contribution in [3.63, 3.8) is 0 Å². The molecule has 0 aliphatic carbocycles. The van der Waals surface area contributed by atoms with E-state index in [9.17, 15) is 9.90 Å². The number of carbonyl (C=O) groups excluding carboxylic acids is 1. The molecule has 1 aromatic heterocycles. The van der Waals surface area contributed by atoms with E-state index < -0.39 is 0 Å². The Morgan fingerprint density at radius 2 is 1.88 bits per heavy atom. The Hall–Kier alpha value is -3.77. The quantitative estimate of drug-likeness (QED) is 0.432. The highest BCUT2D eigenvalue weighted by molar-refractivity contribution is 6.08. The van der Waals surface area contributed by atoms with Crippen molar-refractivity contribution in [2.75, 3.05) is 25.5 Å². The third kappa shape index (κ3) is 4.05. The van der Waals surface area contributed by atoms with Crippen LogP contribution >= 0.6 is 0 Å². The van der Waals surface area contributed by atoms with E-state index in [1.54, 1.807) is 19.2 Å². The molecule has 6 nitrogen and oxygen atoms in total. The van der Waals surface area contributed by atoms with Gasteiger partial charge in [0.2, 0.25) is 5.91 Å². The van der Waals surface area contributed by atoms with Crippen molar-refractivity contribution in [3.8, 4) is 11.5 Å². The first-order valence-corrected chi connectivity index (χ1v) is 11.1. The van der Waals surface area contributed by atoms with Gasteiger partial charge in [0.05, 0.1) is 18.8 Å². The Morgan fingerprint density at radius 1 is 1.09 bits per heavy atom. The van der Waals surface area contributed by atoms with Crippen molar-refractivity contribution in [3.05, 3.63) is 72.3 Å². The summed E-state index contributed by atoms with van der Waals surface area (Å²) < 4.78 is 11.5. The second kappa shape index (κ2) is 8.64. The minimum Gasteiger partial charge on any atom is -0.508 e. The Balaban J connectivity index is 1.33. The lowest BCUT2D eigenvalue weighted by Crippen LogP contribution is -2.44. The molecule has 1 amide bonds. The van der Waals surface area contributed by atoms with Gasteiger partial charge in [-0.25, -0.2) is 0 Å². The van der Waals surface area contributed by atoms with Gasteiger partial charge >= 0.3 is 0 Å². The molecule has 2 heterocycles. The number of amides is 1. The molecule has 0 saturated carbocycles. The molecule has 2 N–H and O–H groups in total. The number of hydrogen-bond donors (Lipinski definition) is 2. The minimum absolute atomic E-state index is 0.0924. The Labute approximate surface area is 192 Å². The van der Waals surface area contributed by atoms with Crippen LogP contribution in [0.5, 0.6) is 11.5 Å². The average Bonchev–Trinajstić information content (AvgIpc) is 3.21. The molecule has 0 fully saturated rings. The van der Waals surface area contributed by atoms with E-state index in [1.807, 2.05) is 55.5 Å². The first-order valence-electron chi connectivity index (χ1n) is 11.1. The van der Waals surface area contributed by atoms with Gasteiger partial charge in [-0.05, 0) is 48.7 Å². The van der Waals surface area contributed by atoms with E-state index in [0.29, 0.717) is 23.6 Å². The molecule has 1 atom stereocenters. The predicted octanol–water partition coefficient (Wildman–Crippen LogP) is 5.42. The number of benzene rings is 3. The average molecular weight is 443 g/mol. The highest BCUT2D eigenvalue weighted by atomic mass is 16.5. The number of aromatic hydroxyl groups is 1. The Bertz CT molecular complexity index is 1350. The molecular weight excluding hydrogens is 416 g/mol. The molecule has 3 aromatic carbocycles. The topological polar surface area (TPSA) is 74.9 Å². The van der Waals surface area contributed by atoms with Crippen LogP contribution in [-0.4, -0.2) is 42.2 Å². The summed E-state index contributed by atoms with van der Waals surface area (Å²) in [5.74, 6) is 0.770. The zero-order chi connectivity index (χ0) is 22.9. The maximum Gasteiger partial charge on any atom is 0.241 e. The van der Waals surface area contributed by atoms with Gasteiger partial charge in [-0.3, -0.25) is 9.69 Å². The van der Waals surface area contributed by atoms with Gasteiger partial charge in [-0.2, -0.15) is 0 Å². The molecule has 0 spiro atoms. The highest BCUT2D eigenvalue weighted by Crippen LogP contribution is 2.36. The number of fused-ring (bicyclic) bond motifs is 3. The van der Waals surface area contributed by atoms with Gasteiger partial charge in [-0.1, -0.05) is 36.4 Å². The first kappa shape index (κ1) is 21.1. The van der Waals surface area contributed by atoms with Crippen molar-refractivity contribution in [1.29, 1.82) is 0 Å². The number of carbonyl (C=O) groups is 1. The van der Waals surface area contributed by atoms with Crippen LogP contribution < -0.4 is 10.1 Å². The maximum absolute atomic E-state index is 13.1. The summed E-state index contributed by atoms with van der Waals surface area (Å²) in [6.07, 6.45) is 3.00. The molecule has 0 saturated heterocycles. The summed E-state index contributed by atoms with van der Waals surface area (Å²) >= 11 is 0. The van der Waals surface area contributed by atoms with Gasteiger partial charge in [0.25, 0.3) is 0 Å². The number of nitrogens with zero attached hydrogens (tertiary/aromatic N) is 1. The summed E-state index contributed by atoms with van der Waals surface area (Å²) in [6, 6.07) is 18.5. The van der Waals surface area contributed by atoms with E-state index in [-0.39, 0.29) is 17.7 Å². The van der Waals surface area contributed by atoms with Crippen LogP contribution in [0.4, 0.5) is 5.69 Å². The second-order valence-electron chi connectivity index (χ2n) is 8.33. The lowest BCUT2D eigenvalue weighted by atomic mass is 9.98. The van der Waals surface area contributed by atoms with Gasteiger partial charge < -0.3 is 19.6 Å². The summed E-state index contributed by atoms with van der Waals surface area (Å²) in [6.45, 7) is 3.38. The molecule has 33 heavy (non-hydrogen) atoms. The molecule has 1 aliphatic rings. The third-order valence-electron chi connectivity index (χ3n) is 6.36. The standard InChI is InChI=1S/C27H26N2O4/c1-17(29-13-11-19(12-14-29)18-7-9-20(30)10-8-18)27(31)28-23-16-25-22(15-26(23)32-2)21-5-3-4-6-24(21)33-25/h3-11,15-17,30H,12-14H2,1-2H3,(H,28,31). The van der Waals surface area contributed by atoms with E-state index in [1.165, 1.54) is 5.57 Å². The van der Waals surface area contributed by atoms with Gasteiger partial charge in [0.15, 0.2) is 0 Å². The summed E-state index contributed by atoms with van der Waals surface area (Å²) in [4.78, 5) is 15.2. The number of phenolic OH excluding ortho intramolecular Hbond substituents is 1. The lowest BCUT2D eigenvalue weighted by molar-refractivity contribution is -0.120. The largest absolute Gasteiger partial charge is 0.508 e. The number of furan rings is 1. The van der Waals surface area contributed by atoms with Gasteiger partial charge in [0.1, 0.15) is 22.7 Å². The van der Waals surface area contributed by atoms with E-state index in [2.05, 4.69) is 16.3 Å². The van der Waals surface area contributed by atoms with Crippen LogP contribution in [0.1, 0.15) is 18.9 Å². The monoisotopic (exact) mass is 442 g/mol. The van der Waals surface area contributed by atoms with Crippen molar-refractivity contribution in [2.24, 2.45) is 0 Å². The number of methoxy groups -OCH3 is 1. The van der Waals surface area contributed by atoms with Crippen LogP contribution in [0.2, 0.25) is 0 Å². The predicted molar refractivity (Wildman–Crippen MR) is 131 cm³/mol. The normalized spacial score (nSPS) is 15.4. The Kier molecular flexibility index (Phi) is 5.52. The molecule has 0 radical (unpaired) electrons. The molecule has 1 unspecified atom stereocenters. The van der Waals surface area contributed by atoms with Crippen molar-refractivity contribution in [2.45, 2.75) is 19.4 Å². The Morgan fingerprint density at radius 3 is 2.61 bits per heavy atom. The van der Waals surface area contributed by atoms with E-state index in [4.69, 9.17) is 9.15 Å². The zero-order valence-corrected chi connectivity index (χ0v) is 18.7. The molecule has 0 bridgehead atoms. The number of para-hydroxylation sites is 1. The number of hydrogen-bond acceptors (Lipinski definition) is 5. The summed E-state index contributed by atoms with van der Waals surface area (Å²) in [5.41, 5.74) is 4.44. The maximum atomic E-state index is 13.1. The first-order chi connectivity index (χ1) is 16.0. The minimum atomic E-state index is -0.307. The zero-order valence-electron chi connectivity index (χ0n) is 18.7. The molecule has 168 valence electrons. The fourth-order valence-corrected chi connectivity index (χ4v) is 4.40. The number of ether oxygens (including phenoxy) is 1. The SMILES string of the molecule is COc1cc2c(cc1NC(=O)C(C)N1CC=C(c3ccc(O)cc3)CC1)oc1ccccc12. The fraction of sp³-hybridized carbons (Fsp3) is 0.222. The number of anilines is 1. The molecule has 4 aromatic rings. The smallest absolute Gasteiger partial charge is 0.241 e. The number of rotatable bonds is 5. The van der Waals surface area contributed by atoms with Crippen molar-refractivity contribution < 1.29 is 19.1 Å². The van der Waals surface area contributed by atoms with Gasteiger partial charge in [0, 0.05) is 29.9 Å². The second-order valence-corrected chi connectivity index (χ2v) is 8.33. The highest BCUT2D eigenvalue weighted by Gasteiger charge is 2.25. The number of nitrogens with one attached hydrogen (secondary N) is 1. The lowest BCUT2D eigenvalue weighted by Gasteiger charge is -2.31. The van der Waals surface area contributed by atoms with Crippen LogP contribution in [0.25, 0.3) is 27.5 Å². The van der Waals surface area contributed by atoms with Crippen LogP contribution in [0, 0.1) is 0 Å². The van der Waals surface area contributed by atoms with Crippen LogP contribution in [0.3, 0.4) is 0 Å². The number of phenols is 1. The molecule has 1 aliphatic heterocycles. The third-order valence-corrected chi connectivity index (χ3v) is 6.36. The molecule has 6 heteroatoms. The van der Waals surface area contributed by atoms with E-state index >= 15 is 0 Å². The van der Waals surface area contributed by atoms with Crippen LogP contribution in [0.15, 0.2) is 71.2 Å². The summed E-state index contributed by atoms with van der Waals surface area (Å²) in [7, 11) is 1.60. The van der Waals surface area contributed by atoms with Gasteiger partial charge in [-0.15, -0.1) is 0 Å². The molecular formula is C27H26N2O4. The van der Waals surface area contributed by atoms with E-state index in [0.717, 1.165) is 34.9 Å². The van der Waals surface area contributed by atoms with Crippen LogP contribution in [-0.2, 0) is 4.79 Å². The summed E-state index contributed by atoms with van der Waals surface area (Å²) in [5, 5.41) is 14.5. The molecule has 5 rings (SSSR count).